The monoisotopic (exact) mass is 265 g/mol. The lowest BCUT2D eigenvalue weighted by Gasteiger charge is -2.26. The maximum absolute atomic E-state index is 5.68. The molecule has 0 radical (unpaired) electrons. The third kappa shape index (κ3) is 5.31. The summed E-state index contributed by atoms with van der Waals surface area (Å²) in [4.78, 5) is 0. The van der Waals surface area contributed by atoms with Gasteiger partial charge < -0.3 is 14.8 Å². The molecule has 0 spiro atoms. The Labute approximate surface area is 117 Å². The molecule has 0 bridgehead atoms. The van der Waals surface area contributed by atoms with Gasteiger partial charge in [0.2, 0.25) is 0 Å². The molecule has 1 aromatic carbocycles. The highest BCUT2D eigenvalue weighted by atomic mass is 16.7. The molecule has 1 N–H and O–H groups in total. The Kier molecular flexibility index (Phi) is 7.06. The fourth-order valence-electron chi connectivity index (χ4n) is 2.38. The second kappa shape index (κ2) is 8.31. The quantitative estimate of drug-likeness (QED) is 0.733. The molecular formula is C16H27NO2. The molecule has 108 valence electrons. The molecule has 0 amide bonds. The van der Waals surface area contributed by atoms with Crippen molar-refractivity contribution in [2.45, 2.75) is 46.4 Å². The van der Waals surface area contributed by atoms with Gasteiger partial charge in [-0.1, -0.05) is 29.3 Å². The molecule has 1 unspecified atom stereocenters. The van der Waals surface area contributed by atoms with Gasteiger partial charge in [0, 0.05) is 13.2 Å². The Balaban J connectivity index is 2.78. The lowest BCUT2D eigenvalue weighted by atomic mass is 10.0. The van der Waals surface area contributed by atoms with E-state index in [0.29, 0.717) is 13.2 Å². The summed E-state index contributed by atoms with van der Waals surface area (Å²) in [6.07, 6.45) is 0.713. The van der Waals surface area contributed by atoms with Crippen LogP contribution in [0.4, 0.5) is 0 Å². The molecule has 0 aliphatic heterocycles. The largest absolute Gasteiger partial charge is 0.351 e. The lowest BCUT2D eigenvalue weighted by Crippen LogP contribution is -2.43. The van der Waals surface area contributed by atoms with Gasteiger partial charge in [-0.25, -0.2) is 0 Å². The number of likely N-dealkylation sites (N-methyl/N-ethyl adjacent to an activating group) is 1. The first-order valence-corrected chi connectivity index (χ1v) is 7.08. The number of ether oxygens (including phenoxy) is 2. The van der Waals surface area contributed by atoms with Crippen LogP contribution in [0.15, 0.2) is 18.2 Å². The number of nitrogens with one attached hydrogen (secondary N) is 1. The zero-order valence-corrected chi connectivity index (χ0v) is 12.8. The second-order valence-electron chi connectivity index (χ2n) is 4.87. The summed E-state index contributed by atoms with van der Waals surface area (Å²) in [7, 11) is 1.96. The zero-order valence-electron chi connectivity index (χ0n) is 12.8. The summed E-state index contributed by atoms with van der Waals surface area (Å²) in [5.41, 5.74) is 3.92. The minimum atomic E-state index is -0.194. The van der Waals surface area contributed by atoms with Crippen LogP contribution in [0.3, 0.4) is 0 Å². The third-order valence-corrected chi connectivity index (χ3v) is 3.10. The average molecular weight is 265 g/mol. The number of aryl methyl sites for hydroxylation is 2. The minimum Gasteiger partial charge on any atom is -0.351 e. The average Bonchev–Trinajstić information content (AvgIpc) is 2.34. The second-order valence-corrected chi connectivity index (χ2v) is 4.87. The van der Waals surface area contributed by atoms with Crippen LogP contribution in [-0.2, 0) is 15.9 Å². The maximum atomic E-state index is 5.68. The van der Waals surface area contributed by atoms with E-state index in [4.69, 9.17) is 9.47 Å². The van der Waals surface area contributed by atoms with Crippen LogP contribution in [0.5, 0.6) is 0 Å². The van der Waals surface area contributed by atoms with Crippen molar-refractivity contribution in [3.8, 4) is 0 Å². The molecule has 0 heterocycles. The van der Waals surface area contributed by atoms with E-state index < -0.39 is 0 Å². The Hall–Kier alpha value is -0.900. The molecule has 0 aromatic heterocycles. The molecule has 3 heteroatoms. The van der Waals surface area contributed by atoms with Crippen molar-refractivity contribution in [2.75, 3.05) is 20.3 Å². The van der Waals surface area contributed by atoms with Crippen LogP contribution in [0.1, 0.15) is 30.5 Å². The molecule has 1 rings (SSSR count). The van der Waals surface area contributed by atoms with Gasteiger partial charge in [-0.05, 0) is 46.7 Å². The lowest BCUT2D eigenvalue weighted by molar-refractivity contribution is -0.152. The smallest absolute Gasteiger partial charge is 0.172 e. The van der Waals surface area contributed by atoms with Crippen LogP contribution in [0.25, 0.3) is 0 Å². The number of hydrogen-bond donors (Lipinski definition) is 1. The molecule has 1 aromatic rings. The van der Waals surface area contributed by atoms with Gasteiger partial charge in [-0.2, -0.15) is 0 Å². The van der Waals surface area contributed by atoms with E-state index in [2.05, 4.69) is 37.4 Å². The third-order valence-electron chi connectivity index (χ3n) is 3.10. The number of benzene rings is 1. The predicted molar refractivity (Wildman–Crippen MR) is 79.5 cm³/mol. The summed E-state index contributed by atoms with van der Waals surface area (Å²) in [6, 6.07) is 6.82. The van der Waals surface area contributed by atoms with Crippen LogP contribution in [-0.4, -0.2) is 32.6 Å². The molecular weight excluding hydrogens is 238 g/mol. The van der Waals surface area contributed by atoms with Crippen molar-refractivity contribution in [1.82, 2.24) is 5.32 Å². The highest BCUT2D eigenvalue weighted by molar-refractivity contribution is 5.29. The molecule has 0 aliphatic carbocycles. The first-order valence-electron chi connectivity index (χ1n) is 7.08. The van der Waals surface area contributed by atoms with Crippen LogP contribution in [0.2, 0.25) is 0 Å². The summed E-state index contributed by atoms with van der Waals surface area (Å²) in [6.45, 7) is 9.58. The van der Waals surface area contributed by atoms with Crippen molar-refractivity contribution >= 4 is 0 Å². The van der Waals surface area contributed by atoms with E-state index >= 15 is 0 Å². The minimum absolute atomic E-state index is 0.168. The van der Waals surface area contributed by atoms with Crippen molar-refractivity contribution in [3.63, 3.8) is 0 Å². The number of rotatable bonds is 8. The Morgan fingerprint density at radius 3 is 1.95 bits per heavy atom. The summed E-state index contributed by atoms with van der Waals surface area (Å²) in [5.74, 6) is 0. The molecule has 0 aliphatic rings. The highest BCUT2D eigenvalue weighted by Gasteiger charge is 2.21. The molecule has 0 fully saturated rings. The fraction of sp³-hybridized carbons (Fsp3) is 0.625. The first-order chi connectivity index (χ1) is 9.10. The van der Waals surface area contributed by atoms with Crippen LogP contribution in [0, 0.1) is 13.8 Å². The molecule has 0 saturated heterocycles. The fourth-order valence-corrected chi connectivity index (χ4v) is 2.38. The topological polar surface area (TPSA) is 30.5 Å². The van der Waals surface area contributed by atoms with Gasteiger partial charge in [0.1, 0.15) is 0 Å². The van der Waals surface area contributed by atoms with E-state index in [9.17, 15) is 0 Å². The molecule has 1 atom stereocenters. The maximum Gasteiger partial charge on any atom is 0.172 e. The van der Waals surface area contributed by atoms with Crippen molar-refractivity contribution in [2.24, 2.45) is 0 Å². The first kappa shape index (κ1) is 16.2. The van der Waals surface area contributed by atoms with Gasteiger partial charge >= 0.3 is 0 Å². The standard InChI is InChI=1S/C16H27NO2/c1-6-18-16(19-7-2)15(17-5)11-14-9-12(3)8-13(4)10-14/h8-10,15-17H,6-7,11H2,1-5H3. The van der Waals surface area contributed by atoms with Crippen molar-refractivity contribution < 1.29 is 9.47 Å². The molecule has 19 heavy (non-hydrogen) atoms. The Morgan fingerprint density at radius 1 is 1.00 bits per heavy atom. The van der Waals surface area contributed by atoms with Crippen molar-refractivity contribution in [3.05, 3.63) is 34.9 Å². The van der Waals surface area contributed by atoms with Crippen molar-refractivity contribution in [1.29, 1.82) is 0 Å². The van der Waals surface area contributed by atoms with Gasteiger partial charge in [0.15, 0.2) is 6.29 Å². The molecule has 0 saturated carbocycles. The van der Waals surface area contributed by atoms with Crippen LogP contribution < -0.4 is 5.32 Å². The Morgan fingerprint density at radius 2 is 1.53 bits per heavy atom. The Bertz CT molecular complexity index is 353. The normalized spacial score (nSPS) is 12.9. The molecule has 3 nitrogen and oxygen atoms in total. The van der Waals surface area contributed by atoms with Gasteiger partial charge in [-0.15, -0.1) is 0 Å². The van der Waals surface area contributed by atoms with Crippen LogP contribution >= 0.6 is 0 Å². The highest BCUT2D eigenvalue weighted by Crippen LogP contribution is 2.14. The van der Waals surface area contributed by atoms with Gasteiger partial charge in [0.25, 0.3) is 0 Å². The van der Waals surface area contributed by atoms with E-state index in [1.54, 1.807) is 0 Å². The number of hydrogen-bond acceptors (Lipinski definition) is 3. The van der Waals surface area contributed by atoms with Gasteiger partial charge in [-0.3, -0.25) is 0 Å². The summed E-state index contributed by atoms with van der Waals surface area (Å²) in [5, 5.41) is 3.31. The SMILES string of the molecule is CCOC(OCC)C(Cc1cc(C)cc(C)c1)NC. The van der Waals surface area contributed by atoms with E-state index in [1.807, 2.05) is 20.9 Å². The van der Waals surface area contributed by atoms with Gasteiger partial charge in [0.05, 0.1) is 6.04 Å². The summed E-state index contributed by atoms with van der Waals surface area (Å²) >= 11 is 0. The van der Waals surface area contributed by atoms with E-state index in [0.717, 1.165) is 6.42 Å². The van der Waals surface area contributed by atoms with E-state index in [-0.39, 0.29) is 12.3 Å². The zero-order chi connectivity index (χ0) is 14.3. The van der Waals surface area contributed by atoms with E-state index in [1.165, 1.54) is 16.7 Å². The predicted octanol–water partition coefficient (Wildman–Crippen LogP) is 2.83. The summed E-state index contributed by atoms with van der Waals surface area (Å²) < 4.78 is 11.4.